The van der Waals surface area contributed by atoms with Crippen molar-refractivity contribution < 1.29 is 14.4 Å². The summed E-state index contributed by atoms with van der Waals surface area (Å²) in [6.07, 6.45) is 3.43. The summed E-state index contributed by atoms with van der Waals surface area (Å²) in [4.78, 5) is 15.4. The molecule has 0 saturated carbocycles. The lowest BCUT2D eigenvalue weighted by atomic mass is 10.0. The summed E-state index contributed by atoms with van der Waals surface area (Å²) in [6, 6.07) is 3.66. The normalized spacial score (nSPS) is 13.8. The molecule has 0 spiro atoms. The minimum atomic E-state index is 0.0943. The lowest BCUT2D eigenvalue weighted by Gasteiger charge is -2.17. The van der Waals surface area contributed by atoms with Crippen LogP contribution in [0.1, 0.15) is 36.2 Å². The van der Waals surface area contributed by atoms with Gasteiger partial charge in [-0.1, -0.05) is 6.92 Å². The Kier molecular flexibility index (Phi) is 4.85. The van der Waals surface area contributed by atoms with E-state index in [1.165, 1.54) is 0 Å². The van der Waals surface area contributed by atoms with Gasteiger partial charge in [0, 0.05) is 30.3 Å². The summed E-state index contributed by atoms with van der Waals surface area (Å²) >= 11 is 0. The van der Waals surface area contributed by atoms with E-state index in [4.69, 9.17) is 9.26 Å². The van der Waals surface area contributed by atoms with E-state index in [0.29, 0.717) is 37.3 Å². The molecule has 8 nitrogen and oxygen atoms in total. The Labute approximate surface area is 163 Å². The predicted octanol–water partition coefficient (Wildman–Crippen LogP) is 3.20. The standard InChI is InChI=1S/C20H23N5O3/c1-4-5-17-23-20(24-28-17)25-6-7-27-19-15(11-25)8-14(9-16(19)26)18-13(3)21-10-12(2)22-18/h8-10,26H,4-7,11H2,1-3H3. The molecule has 146 valence electrons. The first-order chi connectivity index (χ1) is 13.5. The number of benzene rings is 1. The van der Waals surface area contributed by atoms with Gasteiger partial charge >= 0.3 is 0 Å². The summed E-state index contributed by atoms with van der Waals surface area (Å²) in [5.41, 5.74) is 4.02. The van der Waals surface area contributed by atoms with Crippen LogP contribution in [0.4, 0.5) is 5.95 Å². The maximum atomic E-state index is 10.6. The second-order valence-electron chi connectivity index (χ2n) is 6.94. The van der Waals surface area contributed by atoms with Crippen LogP contribution in [0.2, 0.25) is 0 Å². The molecule has 0 aliphatic carbocycles. The summed E-state index contributed by atoms with van der Waals surface area (Å²) in [6.45, 7) is 7.38. The zero-order valence-corrected chi connectivity index (χ0v) is 16.3. The van der Waals surface area contributed by atoms with Crippen molar-refractivity contribution in [1.82, 2.24) is 20.1 Å². The third-order valence-electron chi connectivity index (χ3n) is 4.67. The number of anilines is 1. The van der Waals surface area contributed by atoms with Gasteiger partial charge in [0.15, 0.2) is 11.5 Å². The van der Waals surface area contributed by atoms with Crippen LogP contribution in [0.3, 0.4) is 0 Å². The maximum Gasteiger partial charge on any atom is 0.266 e. The van der Waals surface area contributed by atoms with E-state index in [0.717, 1.165) is 41.1 Å². The molecule has 1 aliphatic heterocycles. The Hall–Kier alpha value is -3.16. The van der Waals surface area contributed by atoms with Crippen LogP contribution in [0, 0.1) is 13.8 Å². The third kappa shape index (κ3) is 3.49. The number of phenolic OH excluding ortho intramolecular Hbond substituents is 1. The maximum absolute atomic E-state index is 10.6. The largest absolute Gasteiger partial charge is 0.504 e. The molecule has 28 heavy (non-hydrogen) atoms. The number of ether oxygens (including phenoxy) is 1. The van der Waals surface area contributed by atoms with Crippen LogP contribution < -0.4 is 9.64 Å². The highest BCUT2D eigenvalue weighted by Gasteiger charge is 2.23. The molecule has 2 aromatic heterocycles. The number of aromatic nitrogens is 4. The molecule has 0 saturated heterocycles. The molecule has 8 heteroatoms. The molecular weight excluding hydrogens is 358 g/mol. The van der Waals surface area contributed by atoms with E-state index in [9.17, 15) is 5.11 Å². The Morgan fingerprint density at radius 2 is 2.07 bits per heavy atom. The summed E-state index contributed by atoms with van der Waals surface area (Å²) in [5, 5.41) is 14.7. The minimum absolute atomic E-state index is 0.0943. The molecule has 1 aliphatic rings. The summed E-state index contributed by atoms with van der Waals surface area (Å²) in [5.74, 6) is 1.75. The minimum Gasteiger partial charge on any atom is -0.504 e. The SMILES string of the molecule is CCCc1nc(N2CCOc3c(O)cc(-c4nc(C)cnc4C)cc3C2)no1. The lowest BCUT2D eigenvalue weighted by Crippen LogP contribution is -2.26. The number of hydrogen-bond donors (Lipinski definition) is 1. The van der Waals surface area contributed by atoms with Crippen LogP contribution in [-0.4, -0.2) is 38.4 Å². The predicted molar refractivity (Wildman–Crippen MR) is 103 cm³/mol. The highest BCUT2D eigenvalue weighted by atomic mass is 16.5. The van der Waals surface area contributed by atoms with Crippen molar-refractivity contribution in [3.05, 3.63) is 41.2 Å². The fourth-order valence-electron chi connectivity index (χ4n) is 3.31. The Morgan fingerprint density at radius 3 is 2.89 bits per heavy atom. The van der Waals surface area contributed by atoms with Gasteiger partial charge in [0.1, 0.15) is 6.61 Å². The molecule has 0 fully saturated rings. The first-order valence-electron chi connectivity index (χ1n) is 9.42. The number of hydrogen-bond acceptors (Lipinski definition) is 8. The Bertz CT molecular complexity index is 1000. The van der Waals surface area contributed by atoms with Crippen molar-refractivity contribution in [2.75, 3.05) is 18.1 Å². The second-order valence-corrected chi connectivity index (χ2v) is 6.94. The molecule has 0 atom stereocenters. The van der Waals surface area contributed by atoms with Gasteiger partial charge in [-0.15, -0.1) is 0 Å². The highest BCUT2D eigenvalue weighted by molar-refractivity contribution is 5.68. The van der Waals surface area contributed by atoms with Crippen LogP contribution in [-0.2, 0) is 13.0 Å². The van der Waals surface area contributed by atoms with Gasteiger partial charge in [-0.2, -0.15) is 4.98 Å². The van der Waals surface area contributed by atoms with Crippen LogP contribution >= 0.6 is 0 Å². The fourth-order valence-corrected chi connectivity index (χ4v) is 3.31. The number of aromatic hydroxyl groups is 1. The molecule has 4 rings (SSSR count). The molecule has 1 N–H and O–H groups in total. The molecule has 0 bridgehead atoms. The number of fused-ring (bicyclic) bond motifs is 1. The highest BCUT2D eigenvalue weighted by Crippen LogP contribution is 2.38. The van der Waals surface area contributed by atoms with Crippen molar-refractivity contribution in [3.63, 3.8) is 0 Å². The lowest BCUT2D eigenvalue weighted by molar-refractivity contribution is 0.311. The number of rotatable bonds is 4. The monoisotopic (exact) mass is 381 g/mol. The topological polar surface area (TPSA) is 97.4 Å². The average molecular weight is 381 g/mol. The number of nitrogens with zero attached hydrogens (tertiary/aromatic N) is 5. The smallest absolute Gasteiger partial charge is 0.266 e. The van der Waals surface area contributed by atoms with Crippen LogP contribution in [0.5, 0.6) is 11.5 Å². The van der Waals surface area contributed by atoms with E-state index in [1.54, 1.807) is 12.3 Å². The van der Waals surface area contributed by atoms with Crippen LogP contribution in [0.15, 0.2) is 22.9 Å². The number of aryl methyl sites for hydroxylation is 3. The molecule has 0 unspecified atom stereocenters. The van der Waals surface area contributed by atoms with Gasteiger partial charge in [-0.3, -0.25) is 4.98 Å². The first-order valence-corrected chi connectivity index (χ1v) is 9.42. The van der Waals surface area contributed by atoms with Crippen LogP contribution in [0.25, 0.3) is 11.3 Å². The van der Waals surface area contributed by atoms with E-state index >= 15 is 0 Å². The summed E-state index contributed by atoms with van der Waals surface area (Å²) in [7, 11) is 0. The van der Waals surface area contributed by atoms with Gasteiger partial charge in [0.2, 0.25) is 5.89 Å². The van der Waals surface area contributed by atoms with E-state index in [-0.39, 0.29) is 5.75 Å². The van der Waals surface area contributed by atoms with Gasteiger partial charge in [0.25, 0.3) is 5.95 Å². The molecule has 3 aromatic rings. The van der Waals surface area contributed by atoms with Gasteiger partial charge in [-0.25, -0.2) is 4.98 Å². The van der Waals surface area contributed by atoms with Crippen molar-refractivity contribution in [2.45, 2.75) is 40.2 Å². The molecule has 0 radical (unpaired) electrons. The van der Waals surface area contributed by atoms with Crippen molar-refractivity contribution >= 4 is 5.95 Å². The Balaban J connectivity index is 1.71. The Morgan fingerprint density at radius 1 is 1.21 bits per heavy atom. The van der Waals surface area contributed by atoms with Gasteiger partial charge in [0.05, 0.1) is 23.6 Å². The molecule has 0 amide bonds. The van der Waals surface area contributed by atoms with Crippen molar-refractivity contribution in [2.24, 2.45) is 0 Å². The zero-order chi connectivity index (χ0) is 19.7. The van der Waals surface area contributed by atoms with Crippen molar-refractivity contribution in [1.29, 1.82) is 0 Å². The summed E-state index contributed by atoms with van der Waals surface area (Å²) < 4.78 is 11.1. The fraction of sp³-hybridized carbons (Fsp3) is 0.400. The second kappa shape index (κ2) is 7.46. The van der Waals surface area contributed by atoms with Crippen molar-refractivity contribution in [3.8, 4) is 22.8 Å². The first kappa shape index (κ1) is 18.2. The molecular formula is C20H23N5O3. The van der Waals surface area contributed by atoms with E-state index in [1.807, 2.05) is 24.8 Å². The average Bonchev–Trinajstić information content (AvgIpc) is 3.02. The van der Waals surface area contributed by atoms with E-state index in [2.05, 4.69) is 27.0 Å². The number of phenols is 1. The molecule has 1 aromatic carbocycles. The van der Waals surface area contributed by atoms with E-state index < -0.39 is 0 Å². The zero-order valence-electron chi connectivity index (χ0n) is 16.3. The third-order valence-corrected chi connectivity index (χ3v) is 4.67. The quantitative estimate of drug-likeness (QED) is 0.736. The molecule has 3 heterocycles. The van der Waals surface area contributed by atoms with Gasteiger partial charge < -0.3 is 19.3 Å². The van der Waals surface area contributed by atoms with Gasteiger partial charge in [-0.05, 0) is 37.6 Å².